The summed E-state index contributed by atoms with van der Waals surface area (Å²) in [5, 5.41) is 68.9. The Morgan fingerprint density at radius 1 is 0.531 bits per heavy atom. The molecule has 276 valence electrons. The third-order valence-electron chi connectivity index (χ3n) is 9.99. The highest BCUT2D eigenvalue weighted by Gasteiger charge is 2.58. The molecule has 0 heterocycles. The molecule has 49 heavy (non-hydrogen) atoms. The van der Waals surface area contributed by atoms with Crippen LogP contribution in [0.25, 0.3) is 0 Å². The second kappa shape index (κ2) is 14.5. The van der Waals surface area contributed by atoms with Crippen molar-refractivity contribution < 1.29 is 40.2 Å². The highest BCUT2D eigenvalue weighted by atomic mass is 16.4. The van der Waals surface area contributed by atoms with Gasteiger partial charge in [0.15, 0.2) is 0 Å². The van der Waals surface area contributed by atoms with E-state index in [4.69, 9.17) is 0 Å². The summed E-state index contributed by atoms with van der Waals surface area (Å²) >= 11 is 0. The van der Waals surface area contributed by atoms with E-state index in [-0.39, 0.29) is 12.8 Å². The van der Waals surface area contributed by atoms with Gasteiger partial charge in [0.25, 0.3) is 0 Å². The summed E-state index contributed by atoms with van der Waals surface area (Å²) in [6.07, 6.45) is 0.385. The first-order valence-electron chi connectivity index (χ1n) is 17.5. The zero-order valence-corrected chi connectivity index (χ0v) is 32.6. The van der Waals surface area contributed by atoms with Crippen LogP contribution < -0.4 is 0 Å². The Labute approximate surface area is 294 Å². The molecule has 0 spiro atoms. The van der Waals surface area contributed by atoms with E-state index in [1.54, 1.807) is 0 Å². The summed E-state index contributed by atoms with van der Waals surface area (Å²) in [4.78, 5) is 25.1. The van der Waals surface area contributed by atoms with Crippen LogP contribution in [0.1, 0.15) is 153 Å². The van der Waals surface area contributed by atoms with E-state index in [0.717, 1.165) is 11.1 Å². The van der Waals surface area contributed by atoms with Crippen molar-refractivity contribution in [2.75, 3.05) is 19.8 Å². The quantitative estimate of drug-likeness (QED) is 0.149. The average Bonchev–Trinajstić information content (AvgIpc) is 2.94. The molecule has 0 unspecified atom stereocenters. The summed E-state index contributed by atoms with van der Waals surface area (Å²) in [7, 11) is 0. The summed E-state index contributed by atoms with van der Waals surface area (Å²) in [6.45, 7) is 25.1. The van der Waals surface area contributed by atoms with Gasteiger partial charge in [0.05, 0.1) is 38.1 Å². The van der Waals surface area contributed by atoms with Crippen molar-refractivity contribution in [1.29, 1.82) is 0 Å². The van der Waals surface area contributed by atoms with Crippen molar-refractivity contribution in [2.45, 2.75) is 150 Å². The van der Waals surface area contributed by atoms with Gasteiger partial charge in [-0.1, -0.05) is 109 Å². The monoisotopic (exact) mass is 684 g/mol. The fraction of sp³-hybridized carbons (Fsp3) is 0.659. The van der Waals surface area contributed by atoms with Crippen LogP contribution in [0.5, 0.6) is 0 Å². The minimum absolute atomic E-state index is 0.328. The first kappa shape index (κ1) is 42.4. The first-order chi connectivity index (χ1) is 22.1. The molecule has 6 N–H and O–H groups in total. The van der Waals surface area contributed by atoms with Gasteiger partial charge in [-0.15, -0.1) is 0 Å². The Morgan fingerprint density at radius 2 is 0.816 bits per heavy atom. The van der Waals surface area contributed by atoms with E-state index < -0.39 is 64.4 Å². The summed E-state index contributed by atoms with van der Waals surface area (Å²) < 4.78 is 0. The van der Waals surface area contributed by atoms with E-state index in [2.05, 4.69) is 0 Å². The lowest BCUT2D eigenvalue weighted by Crippen LogP contribution is -2.57. The Morgan fingerprint density at radius 3 is 1.00 bits per heavy atom. The first-order valence-corrected chi connectivity index (χ1v) is 17.5. The van der Waals surface area contributed by atoms with Gasteiger partial charge in [-0.3, -0.25) is 9.59 Å². The smallest absolute Gasteiger partial charge is 0.307 e. The normalized spacial score (nSPS) is 13.6. The second-order valence-electron chi connectivity index (χ2n) is 17.9. The topological polar surface area (TPSA) is 156 Å². The Hall–Kier alpha value is -2.78. The molecular formula is C41H64O8. The minimum atomic E-state index is -2.36. The maximum absolute atomic E-state index is 14.3. The number of aliphatic hydroxyl groups excluding tert-OH is 3. The molecule has 0 aliphatic carbocycles. The van der Waals surface area contributed by atoms with Gasteiger partial charge in [0.2, 0.25) is 0 Å². The number of hydrogen-bond acceptors (Lipinski definition) is 6. The van der Waals surface area contributed by atoms with Gasteiger partial charge >= 0.3 is 11.9 Å². The fourth-order valence-corrected chi connectivity index (χ4v) is 7.63. The zero-order chi connectivity index (χ0) is 38.3. The lowest BCUT2D eigenvalue weighted by molar-refractivity contribution is -0.139. The van der Waals surface area contributed by atoms with Crippen LogP contribution in [0.3, 0.4) is 0 Å². The summed E-state index contributed by atoms with van der Waals surface area (Å²) in [5.41, 5.74) is -1.35. The molecule has 0 aliphatic heterocycles. The third-order valence-corrected chi connectivity index (χ3v) is 9.99. The van der Waals surface area contributed by atoms with E-state index in [1.165, 1.54) is 0 Å². The number of carboxylic acids is 2. The molecule has 2 rings (SSSR count). The SMILES string of the molecule is CCc1cc(C(C)(C)C)c(C(O)(c2c(C(C)(C)C)cc(CC)c(CC(=O)O)c2C(C)(C)C)C(CO)(CO)CO)c(C(C)(C)C)c1CC(=O)O. The van der Waals surface area contributed by atoms with Crippen LogP contribution >= 0.6 is 0 Å². The van der Waals surface area contributed by atoms with Gasteiger partial charge < -0.3 is 30.6 Å². The van der Waals surface area contributed by atoms with Gasteiger partial charge in [0.1, 0.15) is 5.60 Å². The molecule has 0 aliphatic rings. The standard InChI is InChI=1S/C41H64O8/c1-15-24-17-28(36(3,4)5)34(32(38(9,10)11)26(24)19-30(45)46)41(49,40(21-42,22-43)23-44)35-29(37(6,7)8)18-25(16-2)27(20-31(47)48)33(35)39(12,13)14/h17-18,42-44,49H,15-16,19-23H2,1-14H3,(H,45,46)(H,47,48). The van der Waals surface area contributed by atoms with Crippen LogP contribution in [0.15, 0.2) is 12.1 Å². The molecule has 8 heteroatoms. The molecule has 0 atom stereocenters. The van der Waals surface area contributed by atoms with Crippen molar-refractivity contribution in [1.82, 2.24) is 0 Å². The van der Waals surface area contributed by atoms with Gasteiger partial charge in [-0.05, 0) is 90.1 Å². The molecule has 2 aromatic carbocycles. The van der Waals surface area contributed by atoms with E-state index in [9.17, 15) is 40.2 Å². The Bertz CT molecular complexity index is 1420. The number of aliphatic hydroxyl groups is 4. The highest BCUT2D eigenvalue weighted by molar-refractivity contribution is 5.75. The maximum atomic E-state index is 14.3. The number of carbonyl (C=O) groups is 2. The molecule has 0 saturated carbocycles. The minimum Gasteiger partial charge on any atom is -0.481 e. The molecular weight excluding hydrogens is 620 g/mol. The molecule has 0 fully saturated rings. The highest BCUT2D eigenvalue weighted by Crippen LogP contribution is 2.57. The number of carboxylic acid groups (broad SMARTS) is 2. The predicted molar refractivity (Wildman–Crippen MR) is 196 cm³/mol. The van der Waals surface area contributed by atoms with Crippen LogP contribution in [0.2, 0.25) is 0 Å². The lowest BCUT2D eigenvalue weighted by Gasteiger charge is -2.52. The van der Waals surface area contributed by atoms with E-state index in [0.29, 0.717) is 57.3 Å². The number of hydrogen-bond donors (Lipinski definition) is 6. The van der Waals surface area contributed by atoms with Gasteiger partial charge in [0, 0.05) is 0 Å². The van der Waals surface area contributed by atoms with Crippen LogP contribution in [-0.4, -0.2) is 62.4 Å². The van der Waals surface area contributed by atoms with Gasteiger partial charge in [-0.25, -0.2) is 0 Å². The number of benzene rings is 2. The fourth-order valence-electron chi connectivity index (χ4n) is 7.63. The third kappa shape index (κ3) is 7.93. The summed E-state index contributed by atoms with van der Waals surface area (Å²) in [5.74, 6) is -2.09. The zero-order valence-electron chi connectivity index (χ0n) is 32.6. The largest absolute Gasteiger partial charge is 0.481 e. The Kier molecular flexibility index (Phi) is 12.5. The van der Waals surface area contributed by atoms with E-state index >= 15 is 0 Å². The van der Waals surface area contributed by atoms with Crippen molar-refractivity contribution in [3.63, 3.8) is 0 Å². The number of aliphatic carboxylic acids is 2. The average molecular weight is 685 g/mol. The second-order valence-corrected chi connectivity index (χ2v) is 17.9. The molecule has 2 aromatic rings. The number of aryl methyl sites for hydroxylation is 2. The molecule has 8 nitrogen and oxygen atoms in total. The maximum Gasteiger partial charge on any atom is 0.307 e. The lowest BCUT2D eigenvalue weighted by atomic mass is 9.55. The van der Waals surface area contributed by atoms with Crippen LogP contribution in [0.4, 0.5) is 0 Å². The van der Waals surface area contributed by atoms with Crippen molar-refractivity contribution in [3.8, 4) is 0 Å². The molecule has 0 aromatic heterocycles. The molecule has 0 amide bonds. The van der Waals surface area contributed by atoms with Crippen molar-refractivity contribution in [3.05, 3.63) is 67.8 Å². The molecule has 0 bridgehead atoms. The van der Waals surface area contributed by atoms with Crippen LogP contribution in [-0.2, 0) is 62.5 Å². The summed E-state index contributed by atoms with van der Waals surface area (Å²) in [6, 6.07) is 3.88. The number of rotatable bonds is 12. The molecule has 0 saturated heterocycles. The van der Waals surface area contributed by atoms with E-state index in [1.807, 2.05) is 109 Å². The van der Waals surface area contributed by atoms with Crippen LogP contribution in [0, 0.1) is 5.41 Å². The van der Waals surface area contributed by atoms with Crippen molar-refractivity contribution in [2.24, 2.45) is 5.41 Å². The molecule has 0 radical (unpaired) electrons. The van der Waals surface area contributed by atoms with Gasteiger partial charge in [-0.2, -0.15) is 0 Å². The Balaban J connectivity index is 3.88. The predicted octanol–water partition coefficient (Wildman–Crippen LogP) is 6.45. The van der Waals surface area contributed by atoms with Crippen molar-refractivity contribution >= 4 is 11.9 Å².